The van der Waals surface area contributed by atoms with Gasteiger partial charge in [-0.25, -0.2) is 0 Å². The summed E-state index contributed by atoms with van der Waals surface area (Å²) in [5, 5.41) is 0. The van der Waals surface area contributed by atoms with Crippen molar-refractivity contribution in [1.29, 1.82) is 0 Å². The lowest BCUT2D eigenvalue weighted by Gasteiger charge is -1.68. The van der Waals surface area contributed by atoms with Gasteiger partial charge in [-0.2, -0.15) is 12.6 Å². The van der Waals surface area contributed by atoms with Crippen LogP contribution in [0.4, 0.5) is 0 Å². The molecular weight excluding hydrogens is 160 g/mol. The maximum atomic E-state index is 9.40. The smallest absolute Gasteiger partial charge is 0.142 e. The molecule has 0 aliphatic rings. The molecule has 0 saturated carbocycles. The fourth-order valence-electron chi connectivity index (χ4n) is 0.118. The zero-order valence-corrected chi connectivity index (χ0v) is 8.01. The lowest BCUT2D eigenvalue weighted by Crippen LogP contribution is -1.64. The second-order valence-corrected chi connectivity index (χ2v) is 1.33. The first-order valence-electron chi connectivity index (χ1n) is 3.28. The van der Waals surface area contributed by atoms with E-state index in [0.717, 1.165) is 12.7 Å². The summed E-state index contributed by atoms with van der Waals surface area (Å²) in [6, 6.07) is 0. The van der Waals surface area contributed by atoms with Crippen LogP contribution in [0.2, 0.25) is 0 Å². The first-order valence-corrected chi connectivity index (χ1v) is 4.17. The Bertz CT molecular complexity index is 76.2. The van der Waals surface area contributed by atoms with Gasteiger partial charge in [-0.05, 0) is 18.8 Å². The van der Waals surface area contributed by atoms with E-state index in [2.05, 4.69) is 19.2 Å². The molecule has 0 aromatic rings. The molecule has 0 aromatic heterocycles. The summed E-state index contributed by atoms with van der Waals surface area (Å²) < 4.78 is 0. The molecule has 0 rings (SSSR count). The molecule has 11 heavy (non-hydrogen) atoms. The summed E-state index contributed by atoms with van der Waals surface area (Å²) >= 11 is 3.53. The van der Waals surface area contributed by atoms with E-state index in [-0.39, 0.29) is 0 Å². The minimum Gasteiger partial charge on any atom is -0.303 e. The zero-order chi connectivity index (χ0) is 9.54. The molecule has 0 amide bonds. The number of carbonyl (C=O) groups is 2. The third-order valence-corrected chi connectivity index (χ3v) is 0.503. The summed E-state index contributed by atoms with van der Waals surface area (Å²) in [5.74, 6) is 0. The van der Waals surface area contributed by atoms with E-state index in [9.17, 15) is 4.79 Å². The van der Waals surface area contributed by atoms with Gasteiger partial charge in [-0.15, -0.1) is 0 Å². The van der Waals surface area contributed by atoms with Crippen LogP contribution in [0.5, 0.6) is 0 Å². The van der Waals surface area contributed by atoms with E-state index >= 15 is 0 Å². The van der Waals surface area contributed by atoms with Crippen molar-refractivity contribution in [2.75, 3.05) is 6.26 Å². The first-order chi connectivity index (χ1) is 5.33. The van der Waals surface area contributed by atoms with Crippen LogP contribution < -0.4 is 0 Å². The number of unbranched alkanes of at least 4 members (excludes halogenated alkanes) is 1. The fraction of sp³-hybridized carbons (Fsp3) is 0.500. The van der Waals surface area contributed by atoms with Crippen LogP contribution in [-0.2, 0) is 9.59 Å². The van der Waals surface area contributed by atoms with E-state index < -0.39 is 0 Å². The third-order valence-electron chi connectivity index (χ3n) is 0.503. The molecule has 0 atom stereocenters. The third kappa shape index (κ3) is 88.2. The summed E-state index contributed by atoms with van der Waals surface area (Å²) in [7, 11) is 0. The predicted octanol–water partition coefficient (Wildman–Crippen LogP) is 1.90. The second kappa shape index (κ2) is 34.1. The molecule has 0 fully saturated rings. The normalized spacial score (nSPS) is 5.73. The van der Waals surface area contributed by atoms with Crippen molar-refractivity contribution in [2.45, 2.75) is 19.8 Å². The zero-order valence-electron chi connectivity index (χ0n) is 7.12. The van der Waals surface area contributed by atoms with Gasteiger partial charge in [0, 0.05) is 6.42 Å². The molecule has 0 heterocycles. The van der Waals surface area contributed by atoms with Crippen molar-refractivity contribution in [2.24, 2.45) is 0 Å². The second-order valence-electron chi connectivity index (χ2n) is 1.33. The Morgan fingerprint density at radius 3 is 1.73 bits per heavy atom. The highest BCUT2D eigenvalue weighted by Crippen LogP contribution is 1.74. The van der Waals surface area contributed by atoms with Crippen molar-refractivity contribution < 1.29 is 9.59 Å². The Morgan fingerprint density at radius 1 is 1.36 bits per heavy atom. The van der Waals surface area contributed by atoms with Gasteiger partial charge in [0.15, 0.2) is 0 Å². The lowest BCUT2D eigenvalue weighted by molar-refractivity contribution is -0.108. The van der Waals surface area contributed by atoms with Crippen LogP contribution in [0.1, 0.15) is 19.8 Å². The first kappa shape index (κ1) is 16.8. The van der Waals surface area contributed by atoms with Crippen molar-refractivity contribution in [3.63, 3.8) is 0 Å². The van der Waals surface area contributed by atoms with Gasteiger partial charge in [-0.1, -0.05) is 13.5 Å². The molecule has 0 aliphatic carbocycles. The number of rotatable bonds is 3. The Balaban J connectivity index is -0.0000000965. The fourth-order valence-corrected chi connectivity index (χ4v) is 0.118. The number of carbonyl (C=O) groups excluding carboxylic acids is 2. The van der Waals surface area contributed by atoms with Gasteiger partial charge in [0.2, 0.25) is 0 Å². The number of allylic oxidation sites excluding steroid dienone is 1. The molecule has 0 unspecified atom stereocenters. The molecule has 0 aromatic carbocycles. The maximum Gasteiger partial charge on any atom is 0.142 e. The topological polar surface area (TPSA) is 34.1 Å². The Kier molecular flexibility index (Phi) is 52.2. The van der Waals surface area contributed by atoms with Gasteiger partial charge in [0.1, 0.15) is 12.6 Å². The largest absolute Gasteiger partial charge is 0.303 e. The van der Waals surface area contributed by atoms with Crippen LogP contribution in [0.3, 0.4) is 0 Å². The number of hydrogen-bond acceptors (Lipinski definition) is 3. The van der Waals surface area contributed by atoms with Crippen molar-refractivity contribution in [3.8, 4) is 0 Å². The number of thiol groups is 1. The number of aldehydes is 2. The van der Waals surface area contributed by atoms with E-state index in [1.165, 1.54) is 6.08 Å². The Morgan fingerprint density at radius 2 is 1.73 bits per heavy atom. The molecule has 2 nitrogen and oxygen atoms in total. The quantitative estimate of drug-likeness (QED) is 0.405. The van der Waals surface area contributed by atoms with E-state index in [0.29, 0.717) is 12.7 Å². The highest BCUT2D eigenvalue weighted by molar-refractivity contribution is 7.79. The lowest BCUT2D eigenvalue weighted by atomic mass is 10.4. The summed E-state index contributed by atoms with van der Waals surface area (Å²) in [5.41, 5.74) is 0. The molecule has 0 spiro atoms. The van der Waals surface area contributed by atoms with Gasteiger partial charge in [0.25, 0.3) is 0 Å². The molecule has 3 heteroatoms. The van der Waals surface area contributed by atoms with Crippen LogP contribution >= 0.6 is 12.6 Å². The maximum absolute atomic E-state index is 9.40. The Hall–Kier alpha value is -0.570. The molecule has 0 N–H and O–H groups in total. The highest BCUT2D eigenvalue weighted by atomic mass is 32.1. The van der Waals surface area contributed by atoms with Crippen LogP contribution in [0.15, 0.2) is 12.7 Å². The van der Waals surface area contributed by atoms with Gasteiger partial charge < -0.3 is 4.79 Å². The van der Waals surface area contributed by atoms with Gasteiger partial charge in [-0.3, -0.25) is 4.79 Å². The molecular formula is C8H16O2S. The number of hydrogen-bond donors (Lipinski definition) is 1. The highest BCUT2D eigenvalue weighted by Gasteiger charge is 1.66. The molecule has 66 valence electrons. The van der Waals surface area contributed by atoms with Crippen molar-refractivity contribution >= 4 is 25.2 Å². The summed E-state index contributed by atoms with van der Waals surface area (Å²) in [6.45, 7) is 5.09. The molecule has 0 saturated heterocycles. The van der Waals surface area contributed by atoms with Crippen molar-refractivity contribution in [1.82, 2.24) is 0 Å². The molecule has 0 bridgehead atoms. The van der Waals surface area contributed by atoms with Gasteiger partial charge in [0.05, 0.1) is 0 Å². The van der Waals surface area contributed by atoms with Crippen LogP contribution in [0.25, 0.3) is 0 Å². The average Bonchev–Trinajstić information content (AvgIpc) is 2.10. The monoisotopic (exact) mass is 176 g/mol. The average molecular weight is 176 g/mol. The molecule has 0 radical (unpaired) electrons. The Labute approximate surface area is 74.1 Å². The predicted molar refractivity (Wildman–Crippen MR) is 52.1 cm³/mol. The molecule has 0 aliphatic heterocycles. The van der Waals surface area contributed by atoms with E-state index in [1.807, 2.05) is 6.92 Å². The summed E-state index contributed by atoms with van der Waals surface area (Å²) in [6.07, 6.45) is 6.14. The van der Waals surface area contributed by atoms with Crippen LogP contribution in [-0.4, -0.2) is 18.8 Å². The van der Waals surface area contributed by atoms with E-state index in [4.69, 9.17) is 4.79 Å². The minimum atomic E-state index is 0.639. The SMILES string of the molecule is C=CC=O.CCCC=O.CS. The standard InChI is InChI=1S/C4H8O.C3H4O.CH4S/c1-2-3-4-5;1-2-3-4;1-2/h4H,2-3H2,1H3;2-3H,1H2;2H,1H3. The van der Waals surface area contributed by atoms with E-state index in [1.54, 1.807) is 6.26 Å². The summed E-state index contributed by atoms with van der Waals surface area (Å²) in [4.78, 5) is 18.5. The van der Waals surface area contributed by atoms with Crippen molar-refractivity contribution in [3.05, 3.63) is 12.7 Å². The van der Waals surface area contributed by atoms with Crippen LogP contribution in [0, 0.1) is 0 Å². The minimum absolute atomic E-state index is 0.639. The van der Waals surface area contributed by atoms with Gasteiger partial charge >= 0.3 is 0 Å².